The zero-order valence-corrected chi connectivity index (χ0v) is 10.6. The van der Waals surface area contributed by atoms with E-state index in [1.165, 1.54) is 0 Å². The number of carbonyl (C=O) groups excluding carboxylic acids is 1. The fraction of sp³-hybridized carbons (Fsp3) is 0.462. The average Bonchev–Trinajstić information content (AvgIpc) is 2.29. The molecule has 4 nitrogen and oxygen atoms in total. The Balaban J connectivity index is 2.73. The number of methoxy groups -OCH3 is 1. The molecule has 4 heteroatoms. The van der Waals surface area contributed by atoms with Crippen LogP contribution in [0.3, 0.4) is 0 Å². The zero-order valence-electron chi connectivity index (χ0n) is 10.6. The topological polar surface area (TPSA) is 64.4 Å². The van der Waals surface area contributed by atoms with Gasteiger partial charge in [0.25, 0.3) is 0 Å². The highest BCUT2D eigenvalue weighted by atomic mass is 16.5. The monoisotopic (exact) mass is 236 g/mol. The van der Waals surface area contributed by atoms with Gasteiger partial charge in [0.2, 0.25) is 5.91 Å². The van der Waals surface area contributed by atoms with E-state index >= 15 is 0 Å². The molecule has 0 aromatic heterocycles. The van der Waals surface area contributed by atoms with E-state index < -0.39 is 5.54 Å². The van der Waals surface area contributed by atoms with Crippen molar-refractivity contribution in [2.45, 2.75) is 32.2 Å². The van der Waals surface area contributed by atoms with E-state index in [1.807, 2.05) is 25.1 Å². The number of hydrogen-bond acceptors (Lipinski definition) is 3. The zero-order chi connectivity index (χ0) is 12.9. The normalized spacial score (nSPS) is 13.9. The number of anilines is 1. The molecule has 1 rings (SSSR count). The standard InChI is InChI=1S/C13H20N2O2/c1-4-8-13(2,14)12(16)15-10-6-5-7-11(9-10)17-3/h5-7,9H,4,8,14H2,1-3H3,(H,15,16). The lowest BCUT2D eigenvalue weighted by Crippen LogP contribution is -2.48. The van der Waals surface area contributed by atoms with Gasteiger partial charge in [-0.2, -0.15) is 0 Å². The summed E-state index contributed by atoms with van der Waals surface area (Å²) in [6, 6.07) is 7.22. The molecule has 0 fully saturated rings. The van der Waals surface area contributed by atoms with Crippen molar-refractivity contribution in [2.75, 3.05) is 12.4 Å². The van der Waals surface area contributed by atoms with Crippen LogP contribution in [0.1, 0.15) is 26.7 Å². The van der Waals surface area contributed by atoms with Crippen LogP contribution in [0.2, 0.25) is 0 Å². The molecule has 0 aliphatic carbocycles. The number of nitrogens with one attached hydrogen (secondary N) is 1. The first-order valence-electron chi connectivity index (χ1n) is 5.74. The number of nitrogens with two attached hydrogens (primary N) is 1. The summed E-state index contributed by atoms with van der Waals surface area (Å²) in [6.07, 6.45) is 1.53. The molecule has 0 bridgehead atoms. The van der Waals surface area contributed by atoms with Crippen molar-refractivity contribution in [3.05, 3.63) is 24.3 Å². The largest absolute Gasteiger partial charge is 0.497 e. The van der Waals surface area contributed by atoms with E-state index in [4.69, 9.17) is 10.5 Å². The van der Waals surface area contributed by atoms with Gasteiger partial charge in [-0.3, -0.25) is 4.79 Å². The van der Waals surface area contributed by atoms with E-state index in [1.54, 1.807) is 20.1 Å². The molecule has 1 unspecified atom stereocenters. The Hall–Kier alpha value is -1.55. The molecule has 94 valence electrons. The van der Waals surface area contributed by atoms with E-state index in [9.17, 15) is 4.79 Å². The predicted octanol–water partition coefficient (Wildman–Crippen LogP) is 2.15. The SMILES string of the molecule is CCCC(C)(N)C(=O)Nc1cccc(OC)c1. The molecule has 1 atom stereocenters. The van der Waals surface area contributed by atoms with Gasteiger partial charge in [-0.05, 0) is 25.5 Å². The maximum atomic E-state index is 11.9. The van der Waals surface area contributed by atoms with Gasteiger partial charge < -0.3 is 15.8 Å². The molecule has 1 aromatic rings. The van der Waals surface area contributed by atoms with Gasteiger partial charge in [0.05, 0.1) is 12.6 Å². The summed E-state index contributed by atoms with van der Waals surface area (Å²) in [5.41, 5.74) is 5.81. The molecule has 3 N–H and O–H groups in total. The Morgan fingerprint density at radius 3 is 2.82 bits per heavy atom. The molecule has 0 aliphatic rings. The van der Waals surface area contributed by atoms with Crippen molar-refractivity contribution in [1.82, 2.24) is 0 Å². The highest BCUT2D eigenvalue weighted by Gasteiger charge is 2.27. The first-order chi connectivity index (χ1) is 7.99. The third-order valence-electron chi connectivity index (χ3n) is 2.62. The first-order valence-corrected chi connectivity index (χ1v) is 5.74. The minimum atomic E-state index is -0.835. The van der Waals surface area contributed by atoms with Crippen LogP contribution in [0.25, 0.3) is 0 Å². The third kappa shape index (κ3) is 3.75. The maximum Gasteiger partial charge on any atom is 0.244 e. The number of rotatable bonds is 5. The average molecular weight is 236 g/mol. The Labute approximate surface area is 102 Å². The van der Waals surface area contributed by atoms with Gasteiger partial charge in [0.15, 0.2) is 0 Å². The highest BCUT2D eigenvalue weighted by Crippen LogP contribution is 2.18. The van der Waals surface area contributed by atoms with E-state index in [0.29, 0.717) is 17.9 Å². The second-order valence-corrected chi connectivity index (χ2v) is 4.35. The molecular weight excluding hydrogens is 216 g/mol. The Kier molecular flexibility index (Phi) is 4.52. The third-order valence-corrected chi connectivity index (χ3v) is 2.62. The summed E-state index contributed by atoms with van der Waals surface area (Å²) < 4.78 is 5.09. The van der Waals surface area contributed by atoms with Crippen molar-refractivity contribution in [3.63, 3.8) is 0 Å². The quantitative estimate of drug-likeness (QED) is 0.823. The lowest BCUT2D eigenvalue weighted by atomic mass is 9.96. The van der Waals surface area contributed by atoms with Gasteiger partial charge in [-0.15, -0.1) is 0 Å². The minimum absolute atomic E-state index is 0.174. The minimum Gasteiger partial charge on any atom is -0.497 e. The van der Waals surface area contributed by atoms with Crippen LogP contribution < -0.4 is 15.8 Å². The Bertz CT molecular complexity index is 389. The van der Waals surface area contributed by atoms with E-state index in [0.717, 1.165) is 6.42 Å². The highest BCUT2D eigenvalue weighted by molar-refractivity contribution is 5.97. The molecular formula is C13H20N2O2. The van der Waals surface area contributed by atoms with Gasteiger partial charge in [0.1, 0.15) is 5.75 Å². The van der Waals surface area contributed by atoms with Crippen LogP contribution in [0.4, 0.5) is 5.69 Å². The van der Waals surface area contributed by atoms with Gasteiger partial charge in [-0.1, -0.05) is 19.4 Å². The van der Waals surface area contributed by atoms with Gasteiger partial charge in [-0.25, -0.2) is 0 Å². The van der Waals surface area contributed by atoms with Crippen LogP contribution in [0.5, 0.6) is 5.75 Å². The fourth-order valence-electron chi connectivity index (χ4n) is 1.61. The predicted molar refractivity (Wildman–Crippen MR) is 69.1 cm³/mol. The molecule has 1 aromatic carbocycles. The number of carbonyl (C=O) groups is 1. The second kappa shape index (κ2) is 5.68. The smallest absolute Gasteiger partial charge is 0.244 e. The van der Waals surface area contributed by atoms with Gasteiger partial charge in [0, 0.05) is 11.8 Å². The van der Waals surface area contributed by atoms with Crippen molar-refractivity contribution >= 4 is 11.6 Å². The number of ether oxygens (including phenoxy) is 1. The van der Waals surface area contributed by atoms with Crippen LogP contribution in [-0.2, 0) is 4.79 Å². The summed E-state index contributed by atoms with van der Waals surface area (Å²) in [5, 5.41) is 2.80. The molecule has 0 saturated heterocycles. The maximum absolute atomic E-state index is 11.9. The molecule has 0 spiro atoms. The number of benzene rings is 1. The lowest BCUT2D eigenvalue weighted by Gasteiger charge is -2.22. The van der Waals surface area contributed by atoms with Gasteiger partial charge >= 0.3 is 0 Å². The molecule has 17 heavy (non-hydrogen) atoms. The lowest BCUT2D eigenvalue weighted by molar-refractivity contribution is -0.120. The molecule has 1 amide bonds. The second-order valence-electron chi connectivity index (χ2n) is 4.35. The summed E-state index contributed by atoms with van der Waals surface area (Å²) in [4.78, 5) is 11.9. The number of hydrogen-bond donors (Lipinski definition) is 2. The summed E-state index contributed by atoms with van der Waals surface area (Å²) in [7, 11) is 1.59. The molecule has 0 radical (unpaired) electrons. The first kappa shape index (κ1) is 13.5. The number of amides is 1. The van der Waals surface area contributed by atoms with Crippen LogP contribution >= 0.6 is 0 Å². The molecule has 0 aliphatic heterocycles. The molecule has 0 heterocycles. The van der Waals surface area contributed by atoms with Crippen LogP contribution in [0, 0.1) is 0 Å². The van der Waals surface area contributed by atoms with Crippen molar-refractivity contribution in [3.8, 4) is 5.75 Å². The van der Waals surface area contributed by atoms with Crippen molar-refractivity contribution in [1.29, 1.82) is 0 Å². The summed E-state index contributed by atoms with van der Waals surface area (Å²) >= 11 is 0. The fourth-order valence-corrected chi connectivity index (χ4v) is 1.61. The van der Waals surface area contributed by atoms with E-state index in [2.05, 4.69) is 5.32 Å². The van der Waals surface area contributed by atoms with Crippen LogP contribution in [-0.4, -0.2) is 18.6 Å². The van der Waals surface area contributed by atoms with E-state index in [-0.39, 0.29) is 5.91 Å². The Morgan fingerprint density at radius 1 is 1.53 bits per heavy atom. The summed E-state index contributed by atoms with van der Waals surface area (Å²) in [6.45, 7) is 3.75. The van der Waals surface area contributed by atoms with Crippen molar-refractivity contribution < 1.29 is 9.53 Å². The summed E-state index contributed by atoms with van der Waals surface area (Å²) in [5.74, 6) is 0.532. The van der Waals surface area contributed by atoms with Crippen LogP contribution in [0.15, 0.2) is 24.3 Å². The Morgan fingerprint density at radius 2 is 2.24 bits per heavy atom. The molecule has 0 saturated carbocycles. The van der Waals surface area contributed by atoms with Crippen molar-refractivity contribution in [2.24, 2.45) is 5.73 Å².